The summed E-state index contributed by atoms with van der Waals surface area (Å²) in [5, 5.41) is 10.7. The van der Waals surface area contributed by atoms with Gasteiger partial charge in [0, 0.05) is 25.5 Å². The molecule has 0 radical (unpaired) electrons. The lowest BCUT2D eigenvalue weighted by Gasteiger charge is -2.13. The van der Waals surface area contributed by atoms with E-state index in [1.807, 2.05) is 18.4 Å². The number of imidazole rings is 1. The number of methoxy groups -OCH3 is 1. The summed E-state index contributed by atoms with van der Waals surface area (Å²) < 4.78 is 6.87. The predicted octanol–water partition coefficient (Wildman–Crippen LogP) is 0.447. The van der Waals surface area contributed by atoms with Crippen LogP contribution in [0, 0.1) is 6.92 Å². The Morgan fingerprint density at radius 1 is 1.60 bits per heavy atom. The van der Waals surface area contributed by atoms with Crippen molar-refractivity contribution >= 4 is 5.91 Å². The van der Waals surface area contributed by atoms with Gasteiger partial charge in [0.15, 0.2) is 11.6 Å². The lowest BCUT2D eigenvalue weighted by Crippen LogP contribution is -2.29. The van der Waals surface area contributed by atoms with Gasteiger partial charge in [-0.05, 0) is 13.8 Å². The summed E-state index contributed by atoms with van der Waals surface area (Å²) in [7, 11) is 1.63. The summed E-state index contributed by atoms with van der Waals surface area (Å²) in [6.45, 7) is 4.89. The number of nitrogens with one attached hydrogen (secondary N) is 2. The second-order valence-electron chi connectivity index (χ2n) is 4.49. The van der Waals surface area contributed by atoms with Crippen molar-refractivity contribution in [2.75, 3.05) is 13.7 Å². The topological polar surface area (TPSA) is 97.7 Å². The van der Waals surface area contributed by atoms with Crippen LogP contribution in [0.5, 0.6) is 0 Å². The zero-order valence-electron chi connectivity index (χ0n) is 11.8. The maximum absolute atomic E-state index is 12.0. The number of amides is 1. The standard InChI is InChI=1S/C12H18N6O2/c1-8-6-13-10(15-8)12(19)16-9(2)11-17-14-7-18(11)4-5-20-3/h6-7,9H,4-5H2,1-3H3,(H,13,15)(H,16,19)/t9-/m1/s1. The molecule has 108 valence electrons. The number of carbonyl (C=O) groups is 1. The number of nitrogens with zero attached hydrogens (tertiary/aromatic N) is 4. The number of aromatic amines is 1. The molecule has 1 atom stereocenters. The number of carbonyl (C=O) groups excluding carboxylic acids is 1. The molecule has 2 aromatic heterocycles. The van der Waals surface area contributed by atoms with Gasteiger partial charge in [0.05, 0.1) is 12.6 Å². The number of H-pyrrole nitrogens is 1. The average molecular weight is 278 g/mol. The molecule has 0 saturated heterocycles. The minimum atomic E-state index is -0.271. The van der Waals surface area contributed by atoms with Gasteiger partial charge < -0.3 is 19.6 Å². The SMILES string of the molecule is COCCn1cnnc1[C@@H](C)NC(=O)c1ncc(C)[nH]1. The van der Waals surface area contributed by atoms with Crippen molar-refractivity contribution in [3.63, 3.8) is 0 Å². The highest BCUT2D eigenvalue weighted by Gasteiger charge is 2.18. The molecule has 0 aliphatic rings. The normalized spacial score (nSPS) is 12.3. The van der Waals surface area contributed by atoms with Crippen molar-refractivity contribution in [1.29, 1.82) is 0 Å². The number of rotatable bonds is 6. The first-order valence-corrected chi connectivity index (χ1v) is 6.31. The van der Waals surface area contributed by atoms with Crippen LogP contribution in [0.2, 0.25) is 0 Å². The highest BCUT2D eigenvalue weighted by atomic mass is 16.5. The first-order valence-electron chi connectivity index (χ1n) is 6.31. The lowest BCUT2D eigenvalue weighted by atomic mass is 10.3. The molecule has 0 saturated carbocycles. The van der Waals surface area contributed by atoms with Gasteiger partial charge in [-0.15, -0.1) is 10.2 Å². The molecule has 2 aromatic rings. The maximum atomic E-state index is 12.0. The quantitative estimate of drug-likeness (QED) is 0.799. The average Bonchev–Trinajstić information content (AvgIpc) is 3.04. The number of aryl methyl sites for hydroxylation is 1. The van der Waals surface area contributed by atoms with E-state index < -0.39 is 0 Å². The van der Waals surface area contributed by atoms with Crippen LogP contribution < -0.4 is 5.32 Å². The van der Waals surface area contributed by atoms with Crippen LogP contribution in [0.1, 0.15) is 35.1 Å². The predicted molar refractivity (Wildman–Crippen MR) is 71.1 cm³/mol. The van der Waals surface area contributed by atoms with Crippen LogP contribution in [0.25, 0.3) is 0 Å². The fourth-order valence-corrected chi connectivity index (χ4v) is 1.82. The molecule has 1 amide bonds. The Morgan fingerprint density at radius 3 is 3.05 bits per heavy atom. The van der Waals surface area contributed by atoms with E-state index in [4.69, 9.17) is 4.74 Å². The summed E-state index contributed by atoms with van der Waals surface area (Å²) in [4.78, 5) is 18.9. The summed E-state index contributed by atoms with van der Waals surface area (Å²) in [5.74, 6) is 0.697. The van der Waals surface area contributed by atoms with Crippen LogP contribution in [-0.4, -0.2) is 44.4 Å². The molecule has 8 heteroatoms. The minimum absolute atomic E-state index is 0.271. The van der Waals surface area contributed by atoms with E-state index >= 15 is 0 Å². The number of ether oxygens (including phenoxy) is 1. The number of hydrogen-bond acceptors (Lipinski definition) is 5. The van der Waals surface area contributed by atoms with Crippen LogP contribution in [0.15, 0.2) is 12.5 Å². The summed E-state index contributed by atoms with van der Waals surface area (Å²) >= 11 is 0. The third-order valence-corrected chi connectivity index (χ3v) is 2.83. The number of aromatic nitrogens is 5. The van der Waals surface area contributed by atoms with Crippen LogP contribution in [-0.2, 0) is 11.3 Å². The molecule has 0 aromatic carbocycles. The molecule has 8 nitrogen and oxygen atoms in total. The fourth-order valence-electron chi connectivity index (χ4n) is 1.82. The molecule has 0 aliphatic heterocycles. The zero-order chi connectivity index (χ0) is 14.5. The van der Waals surface area contributed by atoms with Crippen molar-refractivity contribution < 1.29 is 9.53 Å². The van der Waals surface area contributed by atoms with Gasteiger partial charge >= 0.3 is 0 Å². The molecule has 2 N–H and O–H groups in total. The van der Waals surface area contributed by atoms with Crippen LogP contribution >= 0.6 is 0 Å². The summed E-state index contributed by atoms with van der Waals surface area (Å²) in [6, 6.07) is -0.271. The fraction of sp³-hybridized carbons (Fsp3) is 0.500. The highest BCUT2D eigenvalue weighted by Crippen LogP contribution is 2.09. The zero-order valence-corrected chi connectivity index (χ0v) is 11.8. The maximum Gasteiger partial charge on any atom is 0.287 e. The molecular formula is C12H18N6O2. The summed E-state index contributed by atoms with van der Waals surface area (Å²) in [6.07, 6.45) is 3.23. The first kappa shape index (κ1) is 14.2. The molecule has 20 heavy (non-hydrogen) atoms. The van der Waals surface area contributed by atoms with Gasteiger partial charge in [-0.1, -0.05) is 0 Å². The Balaban J connectivity index is 2.02. The molecule has 2 rings (SSSR count). The van der Waals surface area contributed by atoms with E-state index in [1.54, 1.807) is 19.6 Å². The van der Waals surface area contributed by atoms with E-state index in [1.165, 1.54) is 0 Å². The second-order valence-corrected chi connectivity index (χ2v) is 4.49. The van der Waals surface area contributed by atoms with E-state index in [9.17, 15) is 4.79 Å². The van der Waals surface area contributed by atoms with Crippen LogP contribution in [0.3, 0.4) is 0 Å². The molecule has 0 unspecified atom stereocenters. The summed E-state index contributed by atoms with van der Waals surface area (Å²) in [5.41, 5.74) is 0.839. The van der Waals surface area contributed by atoms with Gasteiger partial charge in [-0.3, -0.25) is 4.79 Å². The smallest absolute Gasteiger partial charge is 0.287 e. The van der Waals surface area contributed by atoms with Crippen LogP contribution in [0.4, 0.5) is 0 Å². The van der Waals surface area contributed by atoms with Crippen molar-refractivity contribution in [2.24, 2.45) is 0 Å². The van der Waals surface area contributed by atoms with E-state index in [0.29, 0.717) is 19.0 Å². The minimum Gasteiger partial charge on any atom is -0.383 e. The van der Waals surface area contributed by atoms with E-state index in [0.717, 1.165) is 5.69 Å². The highest BCUT2D eigenvalue weighted by molar-refractivity contribution is 5.90. The second kappa shape index (κ2) is 6.29. The Bertz CT molecular complexity index is 576. The van der Waals surface area contributed by atoms with E-state index in [2.05, 4.69) is 25.5 Å². The van der Waals surface area contributed by atoms with E-state index in [-0.39, 0.29) is 17.8 Å². The Kier molecular flexibility index (Phi) is 4.46. The van der Waals surface area contributed by atoms with Gasteiger partial charge in [-0.2, -0.15) is 0 Å². The monoisotopic (exact) mass is 278 g/mol. The van der Waals surface area contributed by atoms with Crippen molar-refractivity contribution in [3.05, 3.63) is 29.9 Å². The van der Waals surface area contributed by atoms with Gasteiger partial charge in [0.2, 0.25) is 0 Å². The van der Waals surface area contributed by atoms with Crippen molar-refractivity contribution in [3.8, 4) is 0 Å². The van der Waals surface area contributed by atoms with Gasteiger partial charge in [0.25, 0.3) is 5.91 Å². The Morgan fingerprint density at radius 2 is 2.40 bits per heavy atom. The molecule has 0 spiro atoms. The largest absolute Gasteiger partial charge is 0.383 e. The first-order chi connectivity index (χ1) is 9.61. The molecule has 0 bridgehead atoms. The Hall–Kier alpha value is -2.22. The Labute approximate surface area is 116 Å². The molecular weight excluding hydrogens is 260 g/mol. The molecule has 0 aliphatic carbocycles. The van der Waals surface area contributed by atoms with Gasteiger partial charge in [-0.25, -0.2) is 4.98 Å². The third-order valence-electron chi connectivity index (χ3n) is 2.83. The lowest BCUT2D eigenvalue weighted by molar-refractivity contribution is 0.0927. The number of hydrogen-bond donors (Lipinski definition) is 2. The van der Waals surface area contributed by atoms with Gasteiger partial charge in [0.1, 0.15) is 6.33 Å². The molecule has 2 heterocycles. The molecule has 0 fully saturated rings. The third kappa shape index (κ3) is 3.21. The van der Waals surface area contributed by atoms with Crippen molar-refractivity contribution in [1.82, 2.24) is 30.0 Å². The van der Waals surface area contributed by atoms with Crippen molar-refractivity contribution in [2.45, 2.75) is 26.4 Å².